The van der Waals surface area contributed by atoms with Gasteiger partial charge in [0.1, 0.15) is 5.52 Å². The third-order valence-corrected chi connectivity index (χ3v) is 6.57. The average Bonchev–Trinajstić information content (AvgIpc) is 3.49. The number of hydrogen-bond acceptors (Lipinski definition) is 5. The second-order valence-corrected chi connectivity index (χ2v) is 9.01. The van der Waals surface area contributed by atoms with Crippen molar-refractivity contribution >= 4 is 33.8 Å². The molecule has 1 aliphatic heterocycles. The number of nitrogens with zero attached hydrogens (tertiary/aromatic N) is 5. The Labute approximate surface area is 191 Å². The number of imidazole rings is 1. The number of halogens is 1. The Kier molecular flexibility index (Phi) is 5.08. The number of amides is 1. The Morgan fingerprint density at radius 1 is 1.27 bits per heavy atom. The number of anilines is 2. The Balaban J connectivity index is 1.51. The lowest BCUT2D eigenvalue weighted by Crippen LogP contribution is -2.42. The van der Waals surface area contributed by atoms with Crippen LogP contribution in [0.3, 0.4) is 0 Å². The first kappa shape index (κ1) is 21.4. The van der Waals surface area contributed by atoms with Crippen molar-refractivity contribution < 1.29 is 9.18 Å². The molecular weight excluding hydrogens is 421 g/mol. The molecular formula is C24H28FN7O. The summed E-state index contributed by atoms with van der Waals surface area (Å²) in [5.74, 6) is -0.816. The minimum Gasteiger partial charge on any atom is -0.369 e. The number of rotatable bonds is 5. The van der Waals surface area contributed by atoms with Gasteiger partial charge in [-0.2, -0.15) is 5.10 Å². The topological polar surface area (TPSA) is 79.5 Å². The van der Waals surface area contributed by atoms with Gasteiger partial charge in [-0.25, -0.2) is 9.37 Å². The fraction of sp³-hybridized carbons (Fsp3) is 0.375. The summed E-state index contributed by atoms with van der Waals surface area (Å²) in [7, 11) is 1.99. The number of aromatic nitrogens is 4. The van der Waals surface area contributed by atoms with E-state index in [0.717, 1.165) is 30.6 Å². The van der Waals surface area contributed by atoms with Gasteiger partial charge in [-0.15, -0.1) is 0 Å². The van der Waals surface area contributed by atoms with Crippen LogP contribution in [0.4, 0.5) is 15.8 Å². The second-order valence-electron chi connectivity index (χ2n) is 9.01. The van der Waals surface area contributed by atoms with E-state index in [2.05, 4.69) is 32.5 Å². The Morgan fingerprint density at radius 2 is 2.09 bits per heavy atom. The SMILES string of the molecule is CCn1cc2c(N3CC[C@](C)(NC)C3)ccc(C(=O)Nc3cc(F)c4nc(C)cn4c3)c2n1. The molecule has 0 aliphatic carbocycles. The largest absolute Gasteiger partial charge is 0.369 e. The zero-order valence-corrected chi connectivity index (χ0v) is 19.3. The zero-order valence-electron chi connectivity index (χ0n) is 19.3. The summed E-state index contributed by atoms with van der Waals surface area (Å²) >= 11 is 0. The van der Waals surface area contributed by atoms with Gasteiger partial charge in [-0.05, 0) is 46.4 Å². The number of fused-ring (bicyclic) bond motifs is 2. The fourth-order valence-corrected chi connectivity index (χ4v) is 4.58. The standard InChI is InChI=1S/C24H28FN7O/c1-5-32-13-18-20(30-9-8-24(3,14-30)26-4)7-6-17(21(18)29-32)23(33)28-16-10-19(25)22-27-15(2)11-31(22)12-16/h6-7,10-13,26H,5,8-9,14H2,1-4H3,(H,28,33)/t24-/m0/s1. The van der Waals surface area contributed by atoms with Crippen LogP contribution >= 0.6 is 0 Å². The highest BCUT2D eigenvalue weighted by atomic mass is 19.1. The molecule has 0 radical (unpaired) electrons. The van der Waals surface area contributed by atoms with Crippen molar-refractivity contribution in [3.63, 3.8) is 0 Å². The summed E-state index contributed by atoms with van der Waals surface area (Å²) in [4.78, 5) is 19.7. The summed E-state index contributed by atoms with van der Waals surface area (Å²) in [5, 5.41) is 11.9. The molecule has 0 unspecified atom stereocenters. The maximum absolute atomic E-state index is 14.5. The summed E-state index contributed by atoms with van der Waals surface area (Å²) in [6, 6.07) is 5.09. The second kappa shape index (κ2) is 7.84. The molecule has 0 spiro atoms. The number of likely N-dealkylation sites (N-methyl/N-ethyl adjacent to an activating group) is 1. The van der Waals surface area contributed by atoms with Crippen molar-refractivity contribution in [3.05, 3.63) is 53.9 Å². The van der Waals surface area contributed by atoms with Crippen LogP contribution in [0, 0.1) is 12.7 Å². The molecule has 33 heavy (non-hydrogen) atoms. The van der Waals surface area contributed by atoms with Crippen molar-refractivity contribution in [2.24, 2.45) is 0 Å². The molecule has 5 rings (SSSR count). The molecule has 1 saturated heterocycles. The maximum atomic E-state index is 14.5. The van der Waals surface area contributed by atoms with Gasteiger partial charge in [-0.3, -0.25) is 9.48 Å². The molecule has 0 saturated carbocycles. The smallest absolute Gasteiger partial charge is 0.257 e. The van der Waals surface area contributed by atoms with Crippen molar-refractivity contribution in [3.8, 4) is 0 Å². The third-order valence-electron chi connectivity index (χ3n) is 6.57. The van der Waals surface area contributed by atoms with E-state index < -0.39 is 5.82 Å². The molecule has 2 N–H and O–H groups in total. The highest BCUT2D eigenvalue weighted by Crippen LogP contribution is 2.34. The van der Waals surface area contributed by atoms with Crippen LogP contribution in [0.5, 0.6) is 0 Å². The summed E-state index contributed by atoms with van der Waals surface area (Å²) in [5.41, 5.74) is 3.52. The Hall–Kier alpha value is -3.46. The first-order chi connectivity index (χ1) is 15.8. The molecule has 4 heterocycles. The first-order valence-electron chi connectivity index (χ1n) is 11.2. The number of nitrogens with one attached hydrogen (secondary N) is 2. The van der Waals surface area contributed by atoms with E-state index in [1.807, 2.05) is 37.0 Å². The van der Waals surface area contributed by atoms with E-state index in [9.17, 15) is 9.18 Å². The predicted octanol–water partition coefficient (Wildman–Crippen LogP) is 3.59. The minimum atomic E-state index is -0.488. The van der Waals surface area contributed by atoms with Crippen molar-refractivity contribution in [1.82, 2.24) is 24.5 Å². The molecule has 172 valence electrons. The predicted molar refractivity (Wildman–Crippen MR) is 128 cm³/mol. The molecule has 4 aromatic rings. The number of carbonyl (C=O) groups excluding carboxylic acids is 1. The van der Waals surface area contributed by atoms with E-state index in [1.54, 1.807) is 23.7 Å². The number of carbonyl (C=O) groups is 1. The van der Waals surface area contributed by atoms with E-state index in [0.29, 0.717) is 29.0 Å². The van der Waals surface area contributed by atoms with Crippen molar-refractivity contribution in [2.45, 2.75) is 39.3 Å². The monoisotopic (exact) mass is 449 g/mol. The maximum Gasteiger partial charge on any atom is 0.257 e. The van der Waals surface area contributed by atoms with Crippen molar-refractivity contribution in [1.29, 1.82) is 0 Å². The molecule has 0 bridgehead atoms. The number of pyridine rings is 1. The number of hydrogen-bond donors (Lipinski definition) is 2. The lowest BCUT2D eigenvalue weighted by Gasteiger charge is -2.25. The van der Waals surface area contributed by atoms with Gasteiger partial charge in [0.25, 0.3) is 5.91 Å². The molecule has 9 heteroatoms. The van der Waals surface area contributed by atoms with Crippen LogP contribution in [0.1, 0.15) is 36.3 Å². The first-order valence-corrected chi connectivity index (χ1v) is 11.2. The average molecular weight is 450 g/mol. The highest BCUT2D eigenvalue weighted by molar-refractivity contribution is 6.13. The van der Waals surface area contributed by atoms with Gasteiger partial charge < -0.3 is 19.9 Å². The van der Waals surface area contributed by atoms with Gasteiger partial charge in [0, 0.05) is 60.9 Å². The Bertz CT molecular complexity index is 1370. The van der Waals surface area contributed by atoms with Crippen LogP contribution in [-0.2, 0) is 6.54 Å². The number of aryl methyl sites for hydroxylation is 2. The van der Waals surface area contributed by atoms with Crippen LogP contribution in [-0.4, -0.2) is 50.7 Å². The summed E-state index contributed by atoms with van der Waals surface area (Å²) in [6.07, 6.45) is 6.42. The Morgan fingerprint density at radius 3 is 2.82 bits per heavy atom. The molecule has 1 amide bonds. The van der Waals surface area contributed by atoms with Crippen LogP contribution in [0.25, 0.3) is 16.6 Å². The molecule has 1 aliphatic rings. The van der Waals surface area contributed by atoms with E-state index in [-0.39, 0.29) is 17.1 Å². The van der Waals surface area contributed by atoms with Gasteiger partial charge in [0.2, 0.25) is 0 Å². The van der Waals surface area contributed by atoms with E-state index in [1.165, 1.54) is 6.07 Å². The molecule has 8 nitrogen and oxygen atoms in total. The lowest BCUT2D eigenvalue weighted by molar-refractivity contribution is 0.102. The lowest BCUT2D eigenvalue weighted by atomic mass is 10.0. The third kappa shape index (κ3) is 3.72. The van der Waals surface area contributed by atoms with E-state index in [4.69, 9.17) is 0 Å². The summed E-state index contributed by atoms with van der Waals surface area (Å²) in [6.45, 7) is 8.55. The van der Waals surface area contributed by atoms with Crippen LogP contribution in [0.2, 0.25) is 0 Å². The van der Waals surface area contributed by atoms with Crippen molar-refractivity contribution in [2.75, 3.05) is 30.4 Å². The number of benzene rings is 1. The fourth-order valence-electron chi connectivity index (χ4n) is 4.58. The highest BCUT2D eigenvalue weighted by Gasteiger charge is 2.33. The molecule has 1 fully saturated rings. The minimum absolute atomic E-state index is 0.0531. The van der Waals surface area contributed by atoms with Gasteiger partial charge in [-0.1, -0.05) is 0 Å². The van der Waals surface area contributed by atoms with Gasteiger partial charge in [0.05, 0.1) is 16.9 Å². The van der Waals surface area contributed by atoms with Crippen LogP contribution < -0.4 is 15.5 Å². The quantitative estimate of drug-likeness (QED) is 0.487. The van der Waals surface area contributed by atoms with Gasteiger partial charge in [0.15, 0.2) is 11.5 Å². The normalized spacial score (nSPS) is 18.5. The molecule has 1 atom stereocenters. The molecule has 3 aromatic heterocycles. The molecule has 1 aromatic carbocycles. The zero-order chi connectivity index (χ0) is 23.3. The summed E-state index contributed by atoms with van der Waals surface area (Å²) < 4.78 is 17.9. The van der Waals surface area contributed by atoms with E-state index >= 15 is 0 Å². The van der Waals surface area contributed by atoms with Crippen LogP contribution in [0.15, 0.2) is 36.8 Å². The van der Waals surface area contributed by atoms with Gasteiger partial charge >= 0.3 is 0 Å².